The Morgan fingerprint density at radius 3 is 2.15 bits per heavy atom. The molecule has 0 heterocycles. The van der Waals surface area contributed by atoms with Crippen molar-refractivity contribution in [1.29, 1.82) is 0 Å². The van der Waals surface area contributed by atoms with Gasteiger partial charge in [-0.05, 0) is 12.0 Å². The standard InChI is InChI=1S/C8H9B.C2H6.CH2.V/c1-2-7-4-3-5-8(9)6-7;1-2;;/h3-6H,2H2,1H3;1-2H3;1H2;. The second kappa shape index (κ2) is 11.7. The first kappa shape index (κ1) is 15.2. The van der Waals surface area contributed by atoms with E-state index in [0.29, 0.717) is 0 Å². The molecule has 0 N–H and O–H groups in total. The van der Waals surface area contributed by atoms with Gasteiger partial charge in [-0.25, -0.2) is 0 Å². The summed E-state index contributed by atoms with van der Waals surface area (Å²) >= 11 is 2.06. The van der Waals surface area contributed by atoms with Crippen molar-refractivity contribution in [2.24, 2.45) is 0 Å². The Balaban J connectivity index is 0. The van der Waals surface area contributed by atoms with Crippen LogP contribution in [0.15, 0.2) is 24.3 Å². The SMILES string of the molecule is CC.[B]c1cccc(CC)c1.[CH2]=[V]. The predicted molar refractivity (Wildman–Crippen MR) is 59.7 cm³/mol. The molecule has 0 saturated carbocycles. The average molecular weight is 211 g/mol. The summed E-state index contributed by atoms with van der Waals surface area (Å²) in [6.07, 6.45) is 1.06. The molecule has 69 valence electrons. The molecule has 0 aliphatic heterocycles. The van der Waals surface area contributed by atoms with Crippen LogP contribution < -0.4 is 5.46 Å². The van der Waals surface area contributed by atoms with Crippen LogP contribution in [0.1, 0.15) is 26.3 Å². The van der Waals surface area contributed by atoms with Gasteiger partial charge in [0.2, 0.25) is 0 Å². The third-order valence-corrected chi connectivity index (χ3v) is 1.36. The minimum absolute atomic E-state index is 0.856. The molecule has 0 aliphatic rings. The first-order valence-electron chi connectivity index (χ1n) is 4.49. The Bertz CT molecular complexity index is 211. The fourth-order valence-electron chi connectivity index (χ4n) is 0.813. The minimum atomic E-state index is 0.856. The topological polar surface area (TPSA) is 0 Å². The fourth-order valence-corrected chi connectivity index (χ4v) is 0.813. The maximum atomic E-state index is 5.53. The molecule has 1 aromatic rings. The normalized spacial score (nSPS) is 7.23. The molecule has 0 saturated heterocycles. The first-order chi connectivity index (χ1) is 6.33. The van der Waals surface area contributed by atoms with E-state index >= 15 is 0 Å². The zero-order chi connectivity index (χ0) is 10.7. The van der Waals surface area contributed by atoms with E-state index in [1.54, 1.807) is 0 Å². The molecule has 0 fully saturated rings. The van der Waals surface area contributed by atoms with Gasteiger partial charge in [0.25, 0.3) is 0 Å². The van der Waals surface area contributed by atoms with Gasteiger partial charge >= 0.3 is 22.2 Å². The number of benzene rings is 1. The van der Waals surface area contributed by atoms with Gasteiger partial charge in [0.05, 0.1) is 0 Å². The van der Waals surface area contributed by atoms with Gasteiger partial charge in [-0.1, -0.05) is 50.5 Å². The molecule has 0 aromatic heterocycles. The van der Waals surface area contributed by atoms with Crippen molar-refractivity contribution in [2.45, 2.75) is 27.2 Å². The fraction of sp³-hybridized carbons (Fsp3) is 0.364. The van der Waals surface area contributed by atoms with Gasteiger partial charge < -0.3 is 0 Å². The van der Waals surface area contributed by atoms with E-state index < -0.39 is 0 Å². The first-order valence-corrected chi connectivity index (χ1v) is 5.47. The third-order valence-electron chi connectivity index (χ3n) is 1.36. The number of hydrogen-bond acceptors (Lipinski definition) is 0. The van der Waals surface area contributed by atoms with Crippen molar-refractivity contribution < 1.29 is 17.0 Å². The zero-order valence-corrected chi connectivity index (χ0v) is 10.1. The van der Waals surface area contributed by atoms with E-state index in [0.717, 1.165) is 11.9 Å². The van der Waals surface area contributed by atoms with Crippen LogP contribution in [-0.2, 0) is 23.4 Å². The van der Waals surface area contributed by atoms with E-state index in [1.165, 1.54) is 5.56 Å². The molecule has 13 heavy (non-hydrogen) atoms. The predicted octanol–water partition coefficient (Wildman–Crippen LogP) is 2.03. The quantitative estimate of drug-likeness (QED) is 0.623. The third kappa shape index (κ3) is 8.08. The van der Waals surface area contributed by atoms with E-state index in [4.69, 9.17) is 7.85 Å². The molecule has 1 rings (SSSR count). The summed E-state index contributed by atoms with van der Waals surface area (Å²) < 4.78 is 0. The summed E-state index contributed by atoms with van der Waals surface area (Å²) in [5, 5.41) is 3.19. The van der Waals surface area contributed by atoms with Crippen molar-refractivity contribution in [2.75, 3.05) is 0 Å². The Morgan fingerprint density at radius 1 is 1.31 bits per heavy atom. The average Bonchev–Trinajstić information content (AvgIpc) is 2.24. The summed E-state index contributed by atoms with van der Waals surface area (Å²) in [6.45, 7) is 6.12. The molecule has 2 heteroatoms. The van der Waals surface area contributed by atoms with E-state index in [9.17, 15) is 0 Å². The molecule has 0 atom stereocenters. The Kier molecular flexibility index (Phi) is 13.7. The van der Waals surface area contributed by atoms with Crippen molar-refractivity contribution in [3.05, 3.63) is 29.8 Å². The van der Waals surface area contributed by atoms with Crippen LogP contribution in [0, 0.1) is 0 Å². The van der Waals surface area contributed by atoms with Crippen LogP contribution in [0.4, 0.5) is 0 Å². The Hall–Kier alpha value is -0.261. The molecule has 0 nitrogen and oxygen atoms in total. The van der Waals surface area contributed by atoms with Gasteiger partial charge in [-0.2, -0.15) is 0 Å². The van der Waals surface area contributed by atoms with E-state index in [1.807, 2.05) is 32.0 Å². The van der Waals surface area contributed by atoms with E-state index in [2.05, 4.69) is 35.2 Å². The maximum absolute atomic E-state index is 5.53. The van der Waals surface area contributed by atoms with Crippen molar-refractivity contribution in [3.8, 4) is 0 Å². The molecular weight excluding hydrogens is 194 g/mol. The summed E-state index contributed by atoms with van der Waals surface area (Å²) in [5.41, 5.74) is 2.16. The Labute approximate surface area is 92.7 Å². The van der Waals surface area contributed by atoms with Crippen LogP contribution in [0.5, 0.6) is 0 Å². The molecule has 0 spiro atoms. The Morgan fingerprint density at radius 2 is 1.85 bits per heavy atom. The molecule has 0 unspecified atom stereocenters. The number of hydrogen-bond donors (Lipinski definition) is 0. The van der Waals surface area contributed by atoms with Gasteiger partial charge in [0.15, 0.2) is 0 Å². The van der Waals surface area contributed by atoms with Gasteiger partial charge in [-0.3, -0.25) is 0 Å². The molecule has 1 aromatic carbocycles. The van der Waals surface area contributed by atoms with Crippen molar-refractivity contribution in [1.82, 2.24) is 0 Å². The second-order valence-electron chi connectivity index (χ2n) is 2.10. The van der Waals surface area contributed by atoms with Crippen LogP contribution in [-0.4, -0.2) is 13.1 Å². The van der Waals surface area contributed by atoms with Crippen molar-refractivity contribution in [3.63, 3.8) is 0 Å². The molecule has 0 aliphatic carbocycles. The monoisotopic (exact) mass is 211 g/mol. The van der Waals surface area contributed by atoms with Crippen LogP contribution in [0.2, 0.25) is 0 Å². The number of rotatable bonds is 1. The van der Waals surface area contributed by atoms with Crippen LogP contribution >= 0.6 is 0 Å². The molecule has 0 amide bonds. The molecule has 0 bridgehead atoms. The molecule has 2 radical (unpaired) electrons. The van der Waals surface area contributed by atoms with Crippen molar-refractivity contribution >= 4 is 18.5 Å². The van der Waals surface area contributed by atoms with Gasteiger partial charge in [0.1, 0.15) is 7.85 Å². The van der Waals surface area contributed by atoms with Crippen LogP contribution in [0.25, 0.3) is 0 Å². The van der Waals surface area contributed by atoms with Crippen LogP contribution in [0.3, 0.4) is 0 Å². The second-order valence-corrected chi connectivity index (χ2v) is 2.10. The summed E-state index contributed by atoms with van der Waals surface area (Å²) in [7, 11) is 5.53. The van der Waals surface area contributed by atoms with E-state index in [-0.39, 0.29) is 0 Å². The van der Waals surface area contributed by atoms with Gasteiger partial charge in [-0.15, -0.1) is 0 Å². The summed E-state index contributed by atoms with van der Waals surface area (Å²) in [4.78, 5) is 0. The molecular formula is C11H17BV. The summed E-state index contributed by atoms with van der Waals surface area (Å²) in [6, 6.07) is 7.96. The van der Waals surface area contributed by atoms with Gasteiger partial charge in [0, 0.05) is 0 Å². The zero-order valence-electron chi connectivity index (χ0n) is 8.75. The number of aryl methyl sites for hydroxylation is 1. The summed E-state index contributed by atoms with van der Waals surface area (Å²) in [5.74, 6) is 0.